The van der Waals surface area contributed by atoms with Crippen LogP contribution >= 0.6 is 0 Å². The maximum Gasteiger partial charge on any atom is 0.0700 e. The molecule has 1 heterocycles. The van der Waals surface area contributed by atoms with E-state index in [0.29, 0.717) is 19.8 Å². The van der Waals surface area contributed by atoms with Crippen molar-refractivity contribution in [1.29, 1.82) is 0 Å². The molecule has 19 heavy (non-hydrogen) atoms. The number of nitrogens with zero attached hydrogens (tertiary/aromatic N) is 1. The molecule has 1 aromatic heterocycles. The van der Waals surface area contributed by atoms with Gasteiger partial charge in [0.2, 0.25) is 0 Å². The fraction of sp³-hybridized carbons (Fsp3) is 0.467. The molecule has 0 spiro atoms. The van der Waals surface area contributed by atoms with Crippen molar-refractivity contribution in [2.24, 2.45) is 7.05 Å². The molecule has 0 saturated heterocycles. The van der Waals surface area contributed by atoms with Crippen molar-refractivity contribution < 1.29 is 9.47 Å². The average molecular weight is 262 g/mol. The Balaban J connectivity index is 1.79. The molecule has 1 N–H and O–H groups in total. The summed E-state index contributed by atoms with van der Waals surface area (Å²) >= 11 is 0. The van der Waals surface area contributed by atoms with Gasteiger partial charge in [0.15, 0.2) is 0 Å². The Morgan fingerprint density at radius 3 is 2.84 bits per heavy atom. The Morgan fingerprint density at radius 2 is 2.00 bits per heavy atom. The Morgan fingerprint density at radius 1 is 1.16 bits per heavy atom. The van der Waals surface area contributed by atoms with Crippen LogP contribution in [0.15, 0.2) is 30.5 Å². The summed E-state index contributed by atoms with van der Waals surface area (Å²) in [6, 6.07) is 8.47. The van der Waals surface area contributed by atoms with Crippen LogP contribution in [0.25, 0.3) is 10.9 Å². The zero-order valence-corrected chi connectivity index (χ0v) is 11.7. The van der Waals surface area contributed by atoms with Gasteiger partial charge in [-0.2, -0.15) is 0 Å². The first kappa shape index (κ1) is 14.1. The van der Waals surface area contributed by atoms with Crippen LogP contribution in [0.4, 0.5) is 0 Å². The third kappa shape index (κ3) is 3.80. The molecular weight excluding hydrogens is 240 g/mol. The number of methoxy groups -OCH3 is 1. The molecule has 0 saturated carbocycles. The maximum absolute atomic E-state index is 5.41. The maximum atomic E-state index is 5.41. The van der Waals surface area contributed by atoms with E-state index < -0.39 is 0 Å². The van der Waals surface area contributed by atoms with Gasteiger partial charge in [-0.3, -0.25) is 0 Å². The summed E-state index contributed by atoms with van der Waals surface area (Å²) in [4.78, 5) is 0. The van der Waals surface area contributed by atoms with Crippen molar-refractivity contribution in [3.05, 3.63) is 36.0 Å². The smallest absolute Gasteiger partial charge is 0.0700 e. The SMILES string of the molecule is COCCOCCNCc1cn(C)c2ccccc12. The van der Waals surface area contributed by atoms with Crippen LogP contribution < -0.4 is 5.32 Å². The van der Waals surface area contributed by atoms with Crippen molar-refractivity contribution >= 4 is 10.9 Å². The Bertz CT molecular complexity index is 508. The van der Waals surface area contributed by atoms with Gasteiger partial charge in [-0.1, -0.05) is 18.2 Å². The number of hydrogen-bond donors (Lipinski definition) is 1. The van der Waals surface area contributed by atoms with Gasteiger partial charge < -0.3 is 19.4 Å². The van der Waals surface area contributed by atoms with Gasteiger partial charge in [0, 0.05) is 44.3 Å². The van der Waals surface area contributed by atoms with Crippen molar-refractivity contribution in [3.63, 3.8) is 0 Å². The number of rotatable bonds is 8. The highest BCUT2D eigenvalue weighted by atomic mass is 16.5. The molecule has 0 unspecified atom stereocenters. The highest BCUT2D eigenvalue weighted by molar-refractivity contribution is 5.83. The van der Waals surface area contributed by atoms with Gasteiger partial charge in [0.25, 0.3) is 0 Å². The minimum absolute atomic E-state index is 0.656. The van der Waals surface area contributed by atoms with Gasteiger partial charge in [0.05, 0.1) is 19.8 Å². The summed E-state index contributed by atoms with van der Waals surface area (Å²) in [5.74, 6) is 0. The third-order valence-corrected chi connectivity index (χ3v) is 3.15. The number of nitrogens with one attached hydrogen (secondary N) is 1. The van der Waals surface area contributed by atoms with Gasteiger partial charge >= 0.3 is 0 Å². The molecule has 0 fully saturated rings. The van der Waals surface area contributed by atoms with Gasteiger partial charge in [0.1, 0.15) is 0 Å². The van der Waals surface area contributed by atoms with Gasteiger partial charge in [-0.05, 0) is 11.6 Å². The summed E-state index contributed by atoms with van der Waals surface area (Å²) < 4.78 is 12.5. The minimum atomic E-state index is 0.656. The first-order valence-electron chi connectivity index (χ1n) is 6.63. The Labute approximate surface area is 114 Å². The number of para-hydroxylation sites is 1. The predicted octanol–water partition coefficient (Wildman–Crippen LogP) is 1.93. The lowest BCUT2D eigenvalue weighted by Gasteiger charge is -2.05. The second-order valence-corrected chi connectivity index (χ2v) is 4.56. The lowest BCUT2D eigenvalue weighted by atomic mass is 10.2. The van der Waals surface area contributed by atoms with Crippen molar-refractivity contribution in [1.82, 2.24) is 9.88 Å². The van der Waals surface area contributed by atoms with Crippen LogP contribution in [-0.4, -0.2) is 38.0 Å². The quantitative estimate of drug-likeness (QED) is 0.738. The molecule has 1 aromatic carbocycles. The molecule has 0 atom stereocenters. The molecule has 0 aliphatic heterocycles. The lowest BCUT2D eigenvalue weighted by molar-refractivity contribution is 0.0719. The molecule has 0 radical (unpaired) electrons. The van der Waals surface area contributed by atoms with Crippen molar-refractivity contribution in [3.8, 4) is 0 Å². The van der Waals surface area contributed by atoms with Crippen LogP contribution in [-0.2, 0) is 23.1 Å². The fourth-order valence-corrected chi connectivity index (χ4v) is 2.18. The van der Waals surface area contributed by atoms with Crippen LogP contribution in [0.3, 0.4) is 0 Å². The lowest BCUT2D eigenvalue weighted by Crippen LogP contribution is -2.20. The highest BCUT2D eigenvalue weighted by Crippen LogP contribution is 2.19. The molecule has 0 aliphatic rings. The minimum Gasteiger partial charge on any atom is -0.382 e. The number of fused-ring (bicyclic) bond motifs is 1. The van der Waals surface area contributed by atoms with E-state index in [1.807, 2.05) is 0 Å². The van der Waals surface area contributed by atoms with E-state index in [4.69, 9.17) is 9.47 Å². The predicted molar refractivity (Wildman–Crippen MR) is 77.3 cm³/mol. The summed E-state index contributed by atoms with van der Waals surface area (Å²) in [6.07, 6.45) is 2.18. The molecule has 2 aromatic rings. The van der Waals surface area contributed by atoms with E-state index in [1.54, 1.807) is 7.11 Å². The highest BCUT2D eigenvalue weighted by Gasteiger charge is 2.04. The molecule has 4 nitrogen and oxygen atoms in total. The molecule has 0 bridgehead atoms. The van der Waals surface area contributed by atoms with E-state index in [-0.39, 0.29) is 0 Å². The van der Waals surface area contributed by atoms with Crippen LogP contribution in [0.1, 0.15) is 5.56 Å². The second-order valence-electron chi connectivity index (χ2n) is 4.56. The summed E-state index contributed by atoms with van der Waals surface area (Å²) in [5.41, 5.74) is 2.60. The topological polar surface area (TPSA) is 35.4 Å². The molecule has 0 aliphatic carbocycles. The third-order valence-electron chi connectivity index (χ3n) is 3.15. The van der Waals surface area contributed by atoms with E-state index in [2.05, 4.69) is 47.4 Å². The largest absolute Gasteiger partial charge is 0.382 e. The number of ether oxygens (including phenoxy) is 2. The first-order chi connectivity index (χ1) is 9.33. The number of aryl methyl sites for hydroxylation is 1. The van der Waals surface area contributed by atoms with E-state index in [1.165, 1.54) is 16.5 Å². The number of aromatic nitrogens is 1. The molecule has 4 heteroatoms. The van der Waals surface area contributed by atoms with E-state index in [0.717, 1.165) is 13.1 Å². The molecular formula is C15H22N2O2. The summed E-state index contributed by atoms with van der Waals surface area (Å²) in [5, 5.41) is 4.72. The average Bonchev–Trinajstić information content (AvgIpc) is 2.75. The molecule has 0 amide bonds. The summed E-state index contributed by atoms with van der Waals surface area (Å²) in [6.45, 7) is 3.76. The second kappa shape index (κ2) is 7.28. The Hall–Kier alpha value is -1.36. The molecule has 2 rings (SSSR count). The van der Waals surface area contributed by atoms with Crippen molar-refractivity contribution in [2.45, 2.75) is 6.54 Å². The monoisotopic (exact) mass is 262 g/mol. The Kier molecular flexibility index (Phi) is 5.39. The van der Waals surface area contributed by atoms with Gasteiger partial charge in [-0.15, -0.1) is 0 Å². The van der Waals surface area contributed by atoms with Crippen molar-refractivity contribution in [2.75, 3.05) is 33.5 Å². The fourth-order valence-electron chi connectivity index (χ4n) is 2.18. The zero-order chi connectivity index (χ0) is 13.5. The van der Waals surface area contributed by atoms with Gasteiger partial charge in [-0.25, -0.2) is 0 Å². The zero-order valence-electron chi connectivity index (χ0n) is 11.7. The van der Waals surface area contributed by atoms with E-state index in [9.17, 15) is 0 Å². The van der Waals surface area contributed by atoms with Crippen LogP contribution in [0.2, 0.25) is 0 Å². The number of benzene rings is 1. The number of hydrogen-bond acceptors (Lipinski definition) is 3. The van der Waals surface area contributed by atoms with E-state index >= 15 is 0 Å². The van der Waals surface area contributed by atoms with Crippen LogP contribution in [0.5, 0.6) is 0 Å². The van der Waals surface area contributed by atoms with Crippen LogP contribution in [0, 0.1) is 0 Å². The summed E-state index contributed by atoms with van der Waals surface area (Å²) in [7, 11) is 3.77. The first-order valence-corrected chi connectivity index (χ1v) is 6.63. The standard InChI is InChI=1S/C15H22N2O2/c1-17-12-13(14-5-3-4-6-15(14)17)11-16-7-8-19-10-9-18-2/h3-6,12,16H,7-11H2,1-2H3. The normalized spacial score (nSPS) is 11.3. The molecule has 104 valence electrons.